The molecule has 0 radical (unpaired) electrons. The fraction of sp³-hybridized carbons (Fsp3) is 0.571. The molecule has 2 rings (SSSR count). The molecule has 1 N–H and O–H groups in total. The van der Waals surface area contributed by atoms with E-state index in [0.717, 1.165) is 30.5 Å². The minimum atomic E-state index is -4.12. The molecule has 1 aliphatic carbocycles. The van der Waals surface area contributed by atoms with Crippen LogP contribution in [0.3, 0.4) is 0 Å². The first-order valence-corrected chi connectivity index (χ1v) is 6.51. The molecule has 0 amide bonds. The summed E-state index contributed by atoms with van der Waals surface area (Å²) < 4.78 is 37.5. The Labute approximate surface area is 111 Å². The fourth-order valence-corrected chi connectivity index (χ4v) is 2.19. The predicted molar refractivity (Wildman–Crippen MR) is 68.7 cm³/mol. The summed E-state index contributed by atoms with van der Waals surface area (Å²) in [4.78, 5) is 1.53. The van der Waals surface area contributed by atoms with Crippen molar-refractivity contribution < 1.29 is 13.2 Å². The van der Waals surface area contributed by atoms with E-state index in [2.05, 4.69) is 5.32 Å². The SMILES string of the molecule is CNCc1ccc(CN(CC(F)(F)F)C2CC2)cc1. The molecule has 19 heavy (non-hydrogen) atoms. The van der Waals surface area contributed by atoms with Crippen molar-refractivity contribution in [1.29, 1.82) is 0 Å². The van der Waals surface area contributed by atoms with E-state index < -0.39 is 12.7 Å². The Morgan fingerprint density at radius 2 is 1.74 bits per heavy atom. The molecule has 0 aliphatic heterocycles. The first-order valence-electron chi connectivity index (χ1n) is 6.51. The van der Waals surface area contributed by atoms with E-state index in [4.69, 9.17) is 0 Å². The second kappa shape index (κ2) is 5.92. The number of halogens is 3. The third-order valence-electron chi connectivity index (χ3n) is 3.24. The summed E-state index contributed by atoms with van der Waals surface area (Å²) in [6.07, 6.45) is -2.35. The quantitative estimate of drug-likeness (QED) is 0.856. The van der Waals surface area contributed by atoms with Crippen LogP contribution in [0.1, 0.15) is 24.0 Å². The fourth-order valence-electron chi connectivity index (χ4n) is 2.19. The summed E-state index contributed by atoms with van der Waals surface area (Å²) in [5.74, 6) is 0. The highest BCUT2D eigenvalue weighted by Gasteiger charge is 2.37. The van der Waals surface area contributed by atoms with Gasteiger partial charge in [-0.25, -0.2) is 0 Å². The Kier molecular flexibility index (Phi) is 4.47. The van der Waals surface area contributed by atoms with E-state index in [1.165, 1.54) is 4.90 Å². The second-order valence-corrected chi connectivity index (χ2v) is 5.10. The van der Waals surface area contributed by atoms with Crippen molar-refractivity contribution >= 4 is 0 Å². The molecule has 1 aromatic rings. The first-order chi connectivity index (χ1) is 8.98. The largest absolute Gasteiger partial charge is 0.401 e. The molecule has 0 saturated heterocycles. The van der Waals surface area contributed by atoms with Crippen LogP contribution in [-0.4, -0.2) is 30.7 Å². The van der Waals surface area contributed by atoms with E-state index in [-0.39, 0.29) is 6.04 Å². The van der Waals surface area contributed by atoms with Gasteiger partial charge in [0.05, 0.1) is 6.54 Å². The van der Waals surface area contributed by atoms with E-state index in [0.29, 0.717) is 6.54 Å². The van der Waals surface area contributed by atoms with Crippen LogP contribution in [0.4, 0.5) is 13.2 Å². The van der Waals surface area contributed by atoms with Crippen molar-refractivity contribution in [3.8, 4) is 0 Å². The predicted octanol–water partition coefficient (Wildman–Crippen LogP) is 2.93. The maximum Gasteiger partial charge on any atom is 0.401 e. The molecular weight excluding hydrogens is 253 g/mol. The van der Waals surface area contributed by atoms with E-state index in [1.54, 1.807) is 0 Å². The zero-order valence-electron chi connectivity index (χ0n) is 11.0. The minimum Gasteiger partial charge on any atom is -0.316 e. The van der Waals surface area contributed by atoms with Gasteiger partial charge in [0, 0.05) is 19.1 Å². The van der Waals surface area contributed by atoms with Crippen molar-refractivity contribution in [1.82, 2.24) is 10.2 Å². The normalized spacial score (nSPS) is 16.1. The molecular formula is C14H19F3N2. The first kappa shape index (κ1) is 14.3. The molecule has 0 heterocycles. The molecule has 0 spiro atoms. The lowest BCUT2D eigenvalue weighted by Gasteiger charge is -2.23. The van der Waals surface area contributed by atoms with Crippen LogP contribution >= 0.6 is 0 Å². The number of hydrogen-bond donors (Lipinski definition) is 1. The van der Waals surface area contributed by atoms with Crippen molar-refractivity contribution in [2.24, 2.45) is 0 Å². The number of rotatable bonds is 6. The van der Waals surface area contributed by atoms with Crippen LogP contribution in [0.2, 0.25) is 0 Å². The number of alkyl halides is 3. The number of hydrogen-bond acceptors (Lipinski definition) is 2. The van der Waals surface area contributed by atoms with Crippen LogP contribution in [0, 0.1) is 0 Å². The summed E-state index contributed by atoms with van der Waals surface area (Å²) in [5, 5.41) is 3.04. The van der Waals surface area contributed by atoms with Crippen LogP contribution in [-0.2, 0) is 13.1 Å². The van der Waals surface area contributed by atoms with Crippen LogP contribution in [0.15, 0.2) is 24.3 Å². The summed E-state index contributed by atoms with van der Waals surface area (Å²) >= 11 is 0. The van der Waals surface area contributed by atoms with E-state index in [9.17, 15) is 13.2 Å². The Morgan fingerprint density at radius 1 is 1.16 bits per heavy atom. The van der Waals surface area contributed by atoms with Gasteiger partial charge in [0.25, 0.3) is 0 Å². The molecule has 2 nitrogen and oxygen atoms in total. The minimum absolute atomic E-state index is 0.110. The van der Waals surface area contributed by atoms with Crippen LogP contribution < -0.4 is 5.32 Å². The lowest BCUT2D eigenvalue weighted by Crippen LogP contribution is -2.35. The van der Waals surface area contributed by atoms with Crippen molar-refractivity contribution in [3.63, 3.8) is 0 Å². The molecule has 106 valence electrons. The molecule has 1 aliphatic rings. The lowest BCUT2D eigenvalue weighted by atomic mass is 10.1. The van der Waals surface area contributed by atoms with Gasteiger partial charge in [-0.05, 0) is 31.0 Å². The average molecular weight is 272 g/mol. The number of benzene rings is 1. The van der Waals surface area contributed by atoms with Gasteiger partial charge in [0.1, 0.15) is 0 Å². The topological polar surface area (TPSA) is 15.3 Å². The van der Waals surface area contributed by atoms with Crippen molar-refractivity contribution in [2.75, 3.05) is 13.6 Å². The summed E-state index contributed by atoms with van der Waals surface area (Å²) in [7, 11) is 1.87. The Balaban J connectivity index is 1.96. The molecule has 1 aromatic carbocycles. The van der Waals surface area contributed by atoms with Gasteiger partial charge in [-0.3, -0.25) is 4.90 Å². The van der Waals surface area contributed by atoms with Crippen LogP contribution in [0.5, 0.6) is 0 Å². The zero-order chi connectivity index (χ0) is 13.9. The van der Waals surface area contributed by atoms with Crippen molar-refractivity contribution in [3.05, 3.63) is 35.4 Å². The molecule has 1 fully saturated rings. The average Bonchev–Trinajstić information content (AvgIpc) is 3.13. The van der Waals surface area contributed by atoms with Gasteiger partial charge >= 0.3 is 6.18 Å². The van der Waals surface area contributed by atoms with Gasteiger partial charge < -0.3 is 5.32 Å². The third kappa shape index (κ3) is 4.84. The zero-order valence-corrected chi connectivity index (χ0v) is 11.0. The monoisotopic (exact) mass is 272 g/mol. The molecule has 0 aromatic heterocycles. The smallest absolute Gasteiger partial charge is 0.316 e. The Hall–Kier alpha value is -1.07. The highest BCUT2D eigenvalue weighted by Crippen LogP contribution is 2.31. The van der Waals surface area contributed by atoms with Crippen molar-refractivity contribution in [2.45, 2.75) is 38.1 Å². The van der Waals surface area contributed by atoms with E-state index in [1.807, 2.05) is 31.3 Å². The molecule has 0 bridgehead atoms. The molecule has 0 atom stereocenters. The van der Waals surface area contributed by atoms with Gasteiger partial charge in [-0.15, -0.1) is 0 Å². The summed E-state index contributed by atoms with van der Waals surface area (Å²) in [6, 6.07) is 7.87. The maximum absolute atomic E-state index is 12.5. The van der Waals surface area contributed by atoms with Gasteiger partial charge in [-0.2, -0.15) is 13.2 Å². The summed E-state index contributed by atoms with van der Waals surface area (Å²) in [5.41, 5.74) is 2.08. The Bertz CT molecular complexity index is 396. The highest BCUT2D eigenvalue weighted by molar-refractivity contribution is 5.22. The molecule has 0 unspecified atom stereocenters. The number of nitrogens with zero attached hydrogens (tertiary/aromatic N) is 1. The number of nitrogens with one attached hydrogen (secondary N) is 1. The molecule has 1 saturated carbocycles. The van der Waals surface area contributed by atoms with Gasteiger partial charge in [0.15, 0.2) is 0 Å². The maximum atomic E-state index is 12.5. The van der Waals surface area contributed by atoms with Gasteiger partial charge in [0.2, 0.25) is 0 Å². The summed E-state index contributed by atoms with van der Waals surface area (Å²) in [6.45, 7) is 0.342. The van der Waals surface area contributed by atoms with Crippen LogP contribution in [0.25, 0.3) is 0 Å². The molecule has 5 heteroatoms. The Morgan fingerprint density at radius 3 is 2.21 bits per heavy atom. The third-order valence-corrected chi connectivity index (χ3v) is 3.24. The van der Waals surface area contributed by atoms with E-state index >= 15 is 0 Å². The second-order valence-electron chi connectivity index (χ2n) is 5.10. The standard InChI is InChI=1S/C14H19F3N2/c1-18-8-11-2-4-12(5-3-11)9-19(13-6-7-13)10-14(15,16)17/h2-5,13,18H,6-10H2,1H3. The highest BCUT2D eigenvalue weighted by atomic mass is 19.4. The lowest BCUT2D eigenvalue weighted by molar-refractivity contribution is -0.148. The van der Waals surface area contributed by atoms with Gasteiger partial charge in [-0.1, -0.05) is 24.3 Å².